The van der Waals surface area contributed by atoms with E-state index in [0.29, 0.717) is 5.06 Å². The Balaban J connectivity index is 1.87. The Morgan fingerprint density at radius 3 is 2.15 bits per heavy atom. The van der Waals surface area contributed by atoms with Crippen molar-refractivity contribution < 1.29 is 32.1 Å². The third-order valence-corrected chi connectivity index (χ3v) is 5.69. The fourth-order valence-electron chi connectivity index (χ4n) is 2.40. The van der Waals surface area contributed by atoms with Gasteiger partial charge in [0.15, 0.2) is 0 Å². The van der Waals surface area contributed by atoms with Gasteiger partial charge in [-0.05, 0) is 19.1 Å². The molecule has 0 saturated carbocycles. The van der Waals surface area contributed by atoms with E-state index in [9.17, 15) is 22.8 Å². The van der Waals surface area contributed by atoms with Crippen LogP contribution in [0, 0.1) is 6.92 Å². The molecule has 3 rings (SSSR count). The molecule has 1 aromatic heterocycles. The molecule has 2 amide bonds. The van der Waals surface area contributed by atoms with E-state index in [1.807, 2.05) is 0 Å². The minimum absolute atomic E-state index is 0.0204. The Labute approximate surface area is 148 Å². The average molecular weight is 378 g/mol. The Morgan fingerprint density at radius 2 is 1.65 bits per heavy atom. The Hall–Kier alpha value is -2.98. The van der Waals surface area contributed by atoms with Crippen LogP contribution in [-0.2, 0) is 14.9 Å². The second-order valence-corrected chi connectivity index (χ2v) is 7.77. The van der Waals surface area contributed by atoms with E-state index in [-0.39, 0.29) is 21.8 Å². The summed E-state index contributed by atoms with van der Waals surface area (Å²) in [6.45, 7) is 1.37. The third kappa shape index (κ3) is 2.68. The summed E-state index contributed by atoms with van der Waals surface area (Å²) < 4.78 is 30.5. The van der Waals surface area contributed by atoms with Gasteiger partial charge in [-0.2, -0.15) is 0 Å². The van der Waals surface area contributed by atoms with Gasteiger partial charge >= 0.3 is 5.97 Å². The number of hydrogen-bond donors (Lipinski definition) is 0. The fourth-order valence-corrected chi connectivity index (χ4v) is 3.45. The zero-order valence-corrected chi connectivity index (χ0v) is 14.9. The quantitative estimate of drug-likeness (QED) is 0.735. The van der Waals surface area contributed by atoms with Gasteiger partial charge in [0.2, 0.25) is 15.8 Å². The Kier molecular flexibility index (Phi) is 4.17. The lowest BCUT2D eigenvalue weighted by Gasteiger charge is -2.11. The molecule has 0 N–H and O–H groups in total. The number of hydrogen-bond acceptors (Lipinski definition) is 7. The molecule has 0 aliphatic carbocycles. The molecular weight excluding hydrogens is 364 g/mol. The molecule has 0 fully saturated rings. The van der Waals surface area contributed by atoms with E-state index >= 15 is 0 Å². The van der Waals surface area contributed by atoms with Crippen molar-refractivity contribution in [2.75, 3.05) is 14.1 Å². The first-order chi connectivity index (χ1) is 12.1. The number of imide groups is 1. The van der Waals surface area contributed by atoms with Crippen molar-refractivity contribution in [3.8, 4) is 0 Å². The smallest absolute Gasteiger partial charge is 0.399 e. The van der Waals surface area contributed by atoms with Gasteiger partial charge in [0.05, 0.1) is 11.1 Å². The molecule has 0 bridgehead atoms. The van der Waals surface area contributed by atoms with E-state index in [1.54, 1.807) is 12.1 Å². The fraction of sp³-hybridized carbons (Fsp3) is 0.188. The molecule has 0 saturated heterocycles. The molecule has 1 aromatic carbocycles. The van der Waals surface area contributed by atoms with E-state index < -0.39 is 33.6 Å². The van der Waals surface area contributed by atoms with Crippen molar-refractivity contribution in [2.45, 2.75) is 11.8 Å². The first kappa shape index (κ1) is 17.8. The van der Waals surface area contributed by atoms with E-state index in [0.717, 1.165) is 10.4 Å². The van der Waals surface area contributed by atoms with E-state index in [2.05, 4.69) is 0 Å². The van der Waals surface area contributed by atoms with Crippen LogP contribution in [0.5, 0.6) is 0 Å². The zero-order chi connectivity index (χ0) is 19.2. The van der Waals surface area contributed by atoms with Gasteiger partial charge in [-0.1, -0.05) is 17.2 Å². The molecule has 0 spiro atoms. The second-order valence-electron chi connectivity index (χ2n) is 5.65. The van der Waals surface area contributed by atoms with Crippen molar-refractivity contribution in [3.05, 3.63) is 53.0 Å². The Morgan fingerprint density at radius 1 is 1.12 bits per heavy atom. The van der Waals surface area contributed by atoms with Crippen LogP contribution in [0.1, 0.15) is 37.0 Å². The molecular formula is C16H14N2O7S. The van der Waals surface area contributed by atoms with Crippen molar-refractivity contribution >= 4 is 27.8 Å². The minimum Gasteiger partial charge on any atom is -0.453 e. The lowest BCUT2D eigenvalue weighted by atomic mass is 10.1. The number of aryl methyl sites for hydroxylation is 1. The van der Waals surface area contributed by atoms with Crippen LogP contribution >= 0.6 is 0 Å². The van der Waals surface area contributed by atoms with Gasteiger partial charge < -0.3 is 9.25 Å². The van der Waals surface area contributed by atoms with E-state index in [1.165, 1.54) is 33.2 Å². The van der Waals surface area contributed by atoms with Crippen LogP contribution in [0.3, 0.4) is 0 Å². The van der Waals surface area contributed by atoms with Gasteiger partial charge in [0.25, 0.3) is 11.8 Å². The normalized spacial score (nSPS) is 14.1. The summed E-state index contributed by atoms with van der Waals surface area (Å²) in [6.07, 6.45) is 0. The first-order valence-electron chi connectivity index (χ1n) is 7.37. The lowest BCUT2D eigenvalue weighted by molar-refractivity contribution is -0.0603. The molecule has 136 valence electrons. The maximum Gasteiger partial charge on any atom is 0.399 e. The van der Waals surface area contributed by atoms with Crippen LogP contribution in [0.15, 0.2) is 39.6 Å². The average Bonchev–Trinajstić information content (AvgIpc) is 3.10. The highest BCUT2D eigenvalue weighted by atomic mass is 32.2. The SMILES string of the molecule is Cc1oc(C(=O)ON2C(=O)c3ccccc3C2=O)cc1S(=O)(=O)N(C)C. The predicted octanol–water partition coefficient (Wildman–Crippen LogP) is 1.21. The topological polar surface area (TPSA) is 114 Å². The number of benzene rings is 1. The molecule has 2 heterocycles. The summed E-state index contributed by atoms with van der Waals surface area (Å²) in [6, 6.07) is 7.00. The maximum atomic E-state index is 12.2. The van der Waals surface area contributed by atoms with E-state index in [4.69, 9.17) is 9.25 Å². The molecule has 0 radical (unpaired) electrons. The number of sulfonamides is 1. The monoisotopic (exact) mass is 378 g/mol. The van der Waals surface area contributed by atoms with Crippen LogP contribution in [0.25, 0.3) is 0 Å². The number of amides is 2. The molecule has 1 aliphatic heterocycles. The third-order valence-electron chi connectivity index (χ3n) is 3.76. The predicted molar refractivity (Wildman–Crippen MR) is 86.7 cm³/mol. The number of nitrogens with zero attached hydrogens (tertiary/aromatic N) is 2. The largest absolute Gasteiger partial charge is 0.453 e. The van der Waals surface area contributed by atoms with Crippen molar-refractivity contribution in [2.24, 2.45) is 0 Å². The summed E-state index contributed by atoms with van der Waals surface area (Å²) in [5, 5.41) is 0.324. The van der Waals surface area contributed by atoms with Gasteiger partial charge in [0, 0.05) is 20.2 Å². The molecule has 26 heavy (non-hydrogen) atoms. The van der Waals surface area contributed by atoms with Gasteiger partial charge in [-0.3, -0.25) is 9.59 Å². The molecule has 0 atom stereocenters. The number of fused-ring (bicyclic) bond motifs is 1. The minimum atomic E-state index is -3.83. The number of hydroxylamine groups is 2. The number of rotatable bonds is 4. The highest BCUT2D eigenvalue weighted by molar-refractivity contribution is 7.89. The summed E-state index contributed by atoms with van der Waals surface area (Å²) >= 11 is 0. The molecule has 1 aliphatic rings. The Bertz CT molecular complexity index is 1000. The molecule has 0 unspecified atom stereocenters. The molecule has 2 aromatic rings. The highest BCUT2D eigenvalue weighted by Gasteiger charge is 2.39. The zero-order valence-electron chi connectivity index (χ0n) is 14.0. The maximum absolute atomic E-state index is 12.2. The summed E-state index contributed by atoms with van der Waals surface area (Å²) in [7, 11) is -1.16. The van der Waals surface area contributed by atoms with Crippen LogP contribution < -0.4 is 0 Å². The van der Waals surface area contributed by atoms with Crippen LogP contribution in [0.2, 0.25) is 0 Å². The molecule has 9 nitrogen and oxygen atoms in total. The number of carbonyl (C=O) groups excluding carboxylic acids is 3. The first-order valence-corrected chi connectivity index (χ1v) is 8.81. The van der Waals surface area contributed by atoms with Crippen LogP contribution in [-0.4, -0.2) is 49.7 Å². The van der Waals surface area contributed by atoms with Gasteiger partial charge in [-0.15, -0.1) is 0 Å². The van der Waals surface area contributed by atoms with Crippen molar-refractivity contribution in [3.63, 3.8) is 0 Å². The second kappa shape index (κ2) is 6.07. The summed E-state index contributed by atoms with van der Waals surface area (Å²) in [5.74, 6) is -3.21. The van der Waals surface area contributed by atoms with Crippen LogP contribution in [0.4, 0.5) is 0 Å². The summed E-state index contributed by atoms with van der Waals surface area (Å²) in [5.41, 5.74) is 0.216. The number of furan rings is 1. The van der Waals surface area contributed by atoms with Crippen molar-refractivity contribution in [1.82, 2.24) is 9.37 Å². The number of carbonyl (C=O) groups is 3. The standard InChI is InChI=1S/C16H14N2O7S/c1-9-13(26(22,23)17(2)3)8-12(24-9)16(21)25-18-14(19)10-6-4-5-7-11(10)15(18)20/h4-8H,1-3H3. The van der Waals surface area contributed by atoms with Gasteiger partial charge in [-0.25, -0.2) is 17.5 Å². The molecule has 10 heteroatoms. The highest BCUT2D eigenvalue weighted by Crippen LogP contribution is 2.26. The van der Waals surface area contributed by atoms with Gasteiger partial charge in [0.1, 0.15) is 10.7 Å². The lowest BCUT2D eigenvalue weighted by Crippen LogP contribution is -2.32. The van der Waals surface area contributed by atoms with Crippen molar-refractivity contribution in [1.29, 1.82) is 0 Å². The summed E-state index contributed by atoms with van der Waals surface area (Å²) in [4.78, 5) is 41.2.